The van der Waals surface area contributed by atoms with Crippen LogP contribution < -0.4 is 21.6 Å². The van der Waals surface area contributed by atoms with E-state index in [1.807, 2.05) is 12.1 Å². The van der Waals surface area contributed by atoms with E-state index in [1.54, 1.807) is 6.20 Å². The Balaban J connectivity index is 1.11. The highest BCUT2D eigenvalue weighted by molar-refractivity contribution is 6.13. The fourth-order valence-electron chi connectivity index (χ4n) is 8.61. The highest BCUT2D eigenvalue weighted by Gasteiger charge is 2.21. The van der Waals surface area contributed by atoms with Gasteiger partial charge in [0.25, 0.3) is 0 Å². The van der Waals surface area contributed by atoms with Crippen molar-refractivity contribution in [2.24, 2.45) is 10.7 Å². The molecule has 0 spiro atoms. The van der Waals surface area contributed by atoms with Crippen LogP contribution in [0.3, 0.4) is 0 Å². The largest absolute Gasteiger partial charge is 0.403 e. The number of aromatic nitrogens is 2. The molecule has 7 aromatic carbocycles. The third-order valence-corrected chi connectivity index (χ3v) is 11.3. The molecule has 280 valence electrons. The van der Waals surface area contributed by atoms with Crippen molar-refractivity contribution in [3.63, 3.8) is 0 Å². The Hall–Kier alpha value is -7.37. The van der Waals surface area contributed by atoms with Crippen molar-refractivity contribution in [3.05, 3.63) is 209 Å². The maximum absolute atomic E-state index is 6.59. The summed E-state index contributed by atoms with van der Waals surface area (Å²) in [5, 5.41) is 9.49. The molecule has 5 heteroatoms. The number of nitrogens with one attached hydrogen (secondary N) is 1. The van der Waals surface area contributed by atoms with Crippen LogP contribution in [0.4, 0.5) is 0 Å². The minimum absolute atomic E-state index is 0.202. The maximum Gasteiger partial charge on any atom is 0.145 e. The minimum Gasteiger partial charge on any atom is -0.403 e. The average molecular weight is 750 g/mol. The molecule has 2 aromatic heterocycles. The molecule has 0 radical (unpaired) electrons. The van der Waals surface area contributed by atoms with E-state index in [0.29, 0.717) is 0 Å². The predicted molar refractivity (Wildman–Crippen MR) is 244 cm³/mol. The van der Waals surface area contributed by atoms with Crippen LogP contribution in [-0.2, 0) is 0 Å². The van der Waals surface area contributed by atoms with Gasteiger partial charge in [-0.1, -0.05) is 147 Å². The van der Waals surface area contributed by atoms with Gasteiger partial charge in [0.1, 0.15) is 6.17 Å². The standard InChI is InChI=1S/C53H43N5/c1-2-3-22-44-51(35-54)58(41-30-27-37(28-31-41)47-34-46(36-16-7-4-8-17-36)55-53(56-47)38-18-9-5-10-19-38)50-26-15-24-42(52(44)50)39-29-32-49-45(33-39)43-23-13-14-25-48(43)57(49)40-20-11-6-12-21-40/h4-35,53,55H,2-3,54H2,1H3/b44-22+,51-35+. The summed E-state index contributed by atoms with van der Waals surface area (Å²) < 4.78 is 4.68. The molecule has 1 unspecified atom stereocenters. The minimum atomic E-state index is -0.202. The number of hydrogen-bond donors (Lipinski definition) is 2. The molecule has 10 rings (SSSR count). The van der Waals surface area contributed by atoms with E-state index < -0.39 is 0 Å². The van der Waals surface area contributed by atoms with E-state index >= 15 is 0 Å². The molecular weight excluding hydrogens is 707 g/mol. The van der Waals surface area contributed by atoms with Crippen molar-refractivity contribution >= 4 is 56.4 Å². The zero-order valence-electron chi connectivity index (χ0n) is 32.4. The summed E-state index contributed by atoms with van der Waals surface area (Å²) in [5.41, 5.74) is 19.9. The zero-order valence-corrected chi connectivity index (χ0v) is 32.4. The zero-order chi connectivity index (χ0) is 39.0. The predicted octanol–water partition coefficient (Wildman–Crippen LogP) is 10.8. The molecule has 1 aliphatic heterocycles. The van der Waals surface area contributed by atoms with Crippen molar-refractivity contribution < 1.29 is 0 Å². The molecule has 0 saturated heterocycles. The number of hydrogen-bond acceptors (Lipinski definition) is 3. The molecule has 0 amide bonds. The lowest BCUT2D eigenvalue weighted by Crippen LogP contribution is -2.30. The summed E-state index contributed by atoms with van der Waals surface area (Å²) in [7, 11) is 0. The number of rotatable bonds is 8. The summed E-state index contributed by atoms with van der Waals surface area (Å²) in [5.74, 6) is 0. The molecule has 1 aliphatic rings. The van der Waals surface area contributed by atoms with Crippen LogP contribution in [0.1, 0.15) is 42.6 Å². The number of aliphatic imine (C=N–C) groups is 1. The second-order valence-electron chi connectivity index (χ2n) is 14.9. The molecule has 1 atom stereocenters. The van der Waals surface area contributed by atoms with Gasteiger partial charge in [0.05, 0.1) is 27.6 Å². The Bertz CT molecular complexity index is 3130. The van der Waals surface area contributed by atoms with Gasteiger partial charge >= 0.3 is 0 Å². The topological polar surface area (TPSA) is 60.3 Å². The number of unbranched alkanes of at least 4 members (excludes halogenated alkanes) is 1. The van der Waals surface area contributed by atoms with Gasteiger partial charge < -0.3 is 20.2 Å². The maximum atomic E-state index is 6.59. The molecule has 0 aliphatic carbocycles. The molecule has 58 heavy (non-hydrogen) atoms. The number of para-hydroxylation sites is 2. The fraction of sp³-hybridized carbons (Fsp3) is 0.0755. The Morgan fingerprint density at radius 2 is 1.26 bits per heavy atom. The summed E-state index contributed by atoms with van der Waals surface area (Å²) in [6.07, 6.45) is 8.07. The first-order valence-corrected chi connectivity index (χ1v) is 20.1. The first kappa shape index (κ1) is 35.1. The van der Waals surface area contributed by atoms with Crippen LogP contribution >= 0.6 is 0 Å². The molecule has 3 N–H and O–H groups in total. The number of nitrogens with two attached hydrogens (primary N) is 1. The van der Waals surface area contributed by atoms with Crippen LogP contribution in [0, 0.1) is 0 Å². The third-order valence-electron chi connectivity index (χ3n) is 11.3. The summed E-state index contributed by atoms with van der Waals surface area (Å²) >= 11 is 0. The number of benzene rings is 7. The number of nitrogens with zero attached hydrogens (tertiary/aromatic N) is 3. The Kier molecular flexibility index (Phi) is 9.04. The normalized spacial score (nSPS) is 14.9. The van der Waals surface area contributed by atoms with Gasteiger partial charge in [-0.05, 0) is 88.8 Å². The van der Waals surface area contributed by atoms with E-state index in [9.17, 15) is 0 Å². The second kappa shape index (κ2) is 14.9. The van der Waals surface area contributed by atoms with Crippen LogP contribution in [0.5, 0.6) is 0 Å². The lowest BCUT2D eigenvalue weighted by atomic mass is 9.98. The van der Waals surface area contributed by atoms with E-state index in [1.165, 1.54) is 38.3 Å². The van der Waals surface area contributed by atoms with Gasteiger partial charge in [0, 0.05) is 44.6 Å². The van der Waals surface area contributed by atoms with Crippen LogP contribution in [-0.4, -0.2) is 14.8 Å². The van der Waals surface area contributed by atoms with Gasteiger partial charge in [-0.25, -0.2) is 0 Å². The smallest absolute Gasteiger partial charge is 0.145 e. The number of fused-ring (bicyclic) bond motifs is 4. The summed E-state index contributed by atoms with van der Waals surface area (Å²) in [6.45, 7) is 2.22. The number of allylic oxidation sites excluding steroid dienone is 1. The monoisotopic (exact) mass is 749 g/mol. The molecule has 0 saturated carbocycles. The lowest BCUT2D eigenvalue weighted by molar-refractivity contribution is 0.664. The molecule has 9 aromatic rings. The molecular formula is C53H43N5. The van der Waals surface area contributed by atoms with Gasteiger partial charge in [-0.2, -0.15) is 0 Å². The highest BCUT2D eigenvalue weighted by atomic mass is 15.1. The first-order valence-electron chi connectivity index (χ1n) is 20.1. The molecule has 5 nitrogen and oxygen atoms in total. The third kappa shape index (κ3) is 6.09. The fourth-order valence-corrected chi connectivity index (χ4v) is 8.61. The van der Waals surface area contributed by atoms with Crippen molar-refractivity contribution in [1.29, 1.82) is 0 Å². The van der Waals surface area contributed by atoms with Crippen LogP contribution in [0.25, 0.3) is 73.2 Å². The van der Waals surface area contributed by atoms with Crippen LogP contribution in [0.2, 0.25) is 0 Å². The quantitative estimate of drug-likeness (QED) is 0.163. The summed E-state index contributed by atoms with van der Waals surface area (Å²) in [6, 6.07) is 62.6. The van der Waals surface area contributed by atoms with E-state index in [4.69, 9.17) is 10.7 Å². The Morgan fingerprint density at radius 1 is 0.603 bits per heavy atom. The lowest BCUT2D eigenvalue weighted by Gasteiger charge is -2.25. The molecule has 3 heterocycles. The second-order valence-corrected chi connectivity index (χ2v) is 14.9. The summed E-state index contributed by atoms with van der Waals surface area (Å²) in [4.78, 5) is 5.22. The van der Waals surface area contributed by atoms with Gasteiger partial charge in [0.2, 0.25) is 0 Å². The Morgan fingerprint density at radius 3 is 2.02 bits per heavy atom. The van der Waals surface area contributed by atoms with Crippen molar-refractivity contribution in [1.82, 2.24) is 14.5 Å². The van der Waals surface area contributed by atoms with Crippen molar-refractivity contribution in [2.75, 3.05) is 0 Å². The molecule has 0 fully saturated rings. The van der Waals surface area contributed by atoms with E-state index in [0.717, 1.165) is 68.4 Å². The van der Waals surface area contributed by atoms with Crippen LogP contribution in [0.15, 0.2) is 187 Å². The highest BCUT2D eigenvalue weighted by Crippen LogP contribution is 2.36. The van der Waals surface area contributed by atoms with Gasteiger partial charge in [-0.15, -0.1) is 0 Å². The first-order chi connectivity index (χ1) is 28.7. The average Bonchev–Trinajstić information content (AvgIpc) is 3.81. The Labute approximate surface area is 338 Å². The molecule has 0 bridgehead atoms. The van der Waals surface area contributed by atoms with Gasteiger partial charge in [0.15, 0.2) is 0 Å². The van der Waals surface area contributed by atoms with Crippen molar-refractivity contribution in [2.45, 2.75) is 25.9 Å². The van der Waals surface area contributed by atoms with E-state index in [2.05, 4.69) is 197 Å². The van der Waals surface area contributed by atoms with Crippen molar-refractivity contribution in [3.8, 4) is 22.5 Å². The van der Waals surface area contributed by atoms with Gasteiger partial charge in [-0.3, -0.25) is 4.99 Å². The van der Waals surface area contributed by atoms with E-state index in [-0.39, 0.29) is 6.17 Å². The SMILES string of the molecule is CCC/C=c1\c(=C/N)n(-c2ccc(C3=NC(c4ccccc4)NC(c4ccccc4)=C3)cc2)c2cccc(-c3ccc4c(c3)c3ccccc3n4-c3ccccc3)c12.